The van der Waals surface area contributed by atoms with Gasteiger partial charge in [-0.1, -0.05) is 38.1 Å². The van der Waals surface area contributed by atoms with Crippen LogP contribution in [0.25, 0.3) is 11.0 Å². The van der Waals surface area contributed by atoms with E-state index >= 15 is 0 Å². The fourth-order valence-electron chi connectivity index (χ4n) is 3.23. The van der Waals surface area contributed by atoms with Gasteiger partial charge in [-0.3, -0.25) is 4.72 Å². The van der Waals surface area contributed by atoms with Crippen LogP contribution < -0.4 is 10.0 Å². The van der Waals surface area contributed by atoms with Gasteiger partial charge in [-0.15, -0.1) is 0 Å². The lowest BCUT2D eigenvalue weighted by molar-refractivity contribution is 0.599. The minimum atomic E-state index is -3.99. The molecule has 0 aliphatic heterocycles. The third-order valence-corrected chi connectivity index (χ3v) is 6.64. The largest absolute Gasteiger partial charge is 0.337 e. The smallest absolute Gasteiger partial charge is 0.263 e. The van der Waals surface area contributed by atoms with Gasteiger partial charge in [-0.2, -0.15) is 0 Å². The highest BCUT2D eigenvalue weighted by atomic mass is 32.2. The lowest BCUT2D eigenvalue weighted by Crippen LogP contribution is -2.16. The molecule has 1 aromatic heterocycles. The monoisotopic (exact) mass is 450 g/mol. The molecule has 0 bridgehead atoms. The Kier molecular flexibility index (Phi) is 6.05. The zero-order valence-electron chi connectivity index (χ0n) is 17.7. The molecule has 0 aliphatic rings. The molecule has 32 heavy (non-hydrogen) atoms. The second kappa shape index (κ2) is 8.92. The molecule has 1 atom stereocenters. The Morgan fingerprint density at radius 2 is 1.47 bits per heavy atom. The molecule has 0 spiro atoms. The van der Waals surface area contributed by atoms with Crippen LogP contribution >= 0.6 is 0 Å². The lowest BCUT2D eigenvalue weighted by atomic mass is 9.99. The van der Waals surface area contributed by atoms with E-state index < -0.39 is 15.8 Å². The second-order valence-electron chi connectivity index (χ2n) is 7.53. The molecule has 4 rings (SSSR count). The standard InChI is InChI=1S/C24H23FN4O2S/c1-3-16(2)17-8-12-19(13-9-17)26-23-24(28-22-7-5-4-6-21(22)27-23)29-32(30,31)20-14-10-18(25)11-15-20/h4-16H,3H2,1-2H3,(H,26,27)(H,28,29)/t16-/m0/s1. The average molecular weight is 451 g/mol. The Morgan fingerprint density at radius 3 is 2.06 bits per heavy atom. The summed E-state index contributed by atoms with van der Waals surface area (Å²) in [7, 11) is -3.99. The van der Waals surface area contributed by atoms with Crippen LogP contribution in [0.5, 0.6) is 0 Å². The predicted molar refractivity (Wildman–Crippen MR) is 125 cm³/mol. The molecule has 1 heterocycles. The van der Waals surface area contributed by atoms with Crippen molar-refractivity contribution < 1.29 is 12.8 Å². The number of nitrogens with zero attached hydrogens (tertiary/aromatic N) is 2. The van der Waals surface area contributed by atoms with Crippen LogP contribution in [0.4, 0.5) is 21.7 Å². The van der Waals surface area contributed by atoms with Gasteiger partial charge < -0.3 is 5.32 Å². The van der Waals surface area contributed by atoms with Crippen molar-refractivity contribution in [3.63, 3.8) is 0 Å². The first-order valence-corrected chi connectivity index (χ1v) is 11.8. The molecule has 0 saturated heterocycles. The predicted octanol–water partition coefficient (Wildman–Crippen LogP) is 5.83. The molecule has 0 aliphatic carbocycles. The van der Waals surface area contributed by atoms with Crippen molar-refractivity contribution in [3.8, 4) is 0 Å². The van der Waals surface area contributed by atoms with Crippen LogP contribution in [-0.2, 0) is 10.0 Å². The zero-order valence-corrected chi connectivity index (χ0v) is 18.5. The van der Waals surface area contributed by atoms with E-state index in [-0.39, 0.29) is 16.5 Å². The summed E-state index contributed by atoms with van der Waals surface area (Å²) in [6.45, 7) is 4.31. The van der Waals surface area contributed by atoms with Crippen LogP contribution in [0, 0.1) is 5.82 Å². The van der Waals surface area contributed by atoms with Gasteiger partial charge in [0.1, 0.15) is 5.82 Å². The second-order valence-corrected chi connectivity index (χ2v) is 9.21. The van der Waals surface area contributed by atoms with Gasteiger partial charge in [-0.05, 0) is 66.4 Å². The van der Waals surface area contributed by atoms with Crippen LogP contribution in [0.15, 0.2) is 77.7 Å². The van der Waals surface area contributed by atoms with Crippen LogP contribution in [0.1, 0.15) is 31.7 Å². The van der Waals surface area contributed by atoms with E-state index in [1.807, 2.05) is 30.3 Å². The van der Waals surface area contributed by atoms with E-state index in [0.29, 0.717) is 17.0 Å². The maximum atomic E-state index is 13.2. The Morgan fingerprint density at radius 1 is 0.875 bits per heavy atom. The highest BCUT2D eigenvalue weighted by Gasteiger charge is 2.19. The Hall–Kier alpha value is -3.52. The maximum absolute atomic E-state index is 13.2. The number of hydrogen-bond donors (Lipinski definition) is 2. The van der Waals surface area contributed by atoms with Crippen molar-refractivity contribution in [2.75, 3.05) is 10.0 Å². The van der Waals surface area contributed by atoms with Crippen molar-refractivity contribution in [2.45, 2.75) is 31.1 Å². The molecule has 6 nitrogen and oxygen atoms in total. The molecule has 164 valence electrons. The molecule has 0 unspecified atom stereocenters. The van der Waals surface area contributed by atoms with Crippen LogP contribution in [-0.4, -0.2) is 18.4 Å². The van der Waals surface area contributed by atoms with Gasteiger partial charge in [-0.25, -0.2) is 22.8 Å². The summed E-state index contributed by atoms with van der Waals surface area (Å²) in [6, 6.07) is 19.7. The molecular weight excluding hydrogens is 427 g/mol. The summed E-state index contributed by atoms with van der Waals surface area (Å²) in [5.74, 6) is 0.255. The number of fused-ring (bicyclic) bond motifs is 1. The van der Waals surface area contributed by atoms with E-state index in [2.05, 4.69) is 33.9 Å². The molecule has 0 amide bonds. The molecular formula is C24H23FN4O2S. The summed E-state index contributed by atoms with van der Waals surface area (Å²) in [4.78, 5) is 8.97. The first-order chi connectivity index (χ1) is 15.4. The van der Waals surface area contributed by atoms with Gasteiger partial charge in [0, 0.05) is 5.69 Å². The fraction of sp³-hybridized carbons (Fsp3) is 0.167. The Balaban J connectivity index is 1.71. The number of anilines is 3. The molecule has 4 aromatic rings. The molecule has 0 radical (unpaired) electrons. The van der Waals surface area contributed by atoms with Gasteiger partial charge in [0.2, 0.25) is 0 Å². The van der Waals surface area contributed by atoms with Crippen molar-refractivity contribution in [1.82, 2.24) is 9.97 Å². The summed E-state index contributed by atoms with van der Waals surface area (Å²) in [6.07, 6.45) is 1.04. The summed E-state index contributed by atoms with van der Waals surface area (Å²) >= 11 is 0. The number of sulfonamides is 1. The normalized spacial score (nSPS) is 12.5. The number of benzene rings is 3. The van der Waals surface area contributed by atoms with Crippen LogP contribution in [0.2, 0.25) is 0 Å². The van der Waals surface area contributed by atoms with Gasteiger partial charge in [0.15, 0.2) is 11.6 Å². The third kappa shape index (κ3) is 4.70. The van der Waals surface area contributed by atoms with Gasteiger partial charge >= 0.3 is 0 Å². The van der Waals surface area contributed by atoms with E-state index in [4.69, 9.17) is 0 Å². The van der Waals surface area contributed by atoms with E-state index in [1.54, 1.807) is 18.2 Å². The Labute approximate surface area is 186 Å². The topological polar surface area (TPSA) is 84.0 Å². The van der Waals surface area contributed by atoms with Crippen molar-refractivity contribution in [1.29, 1.82) is 0 Å². The number of para-hydroxylation sites is 2. The van der Waals surface area contributed by atoms with Crippen molar-refractivity contribution >= 4 is 38.4 Å². The zero-order chi connectivity index (χ0) is 22.7. The summed E-state index contributed by atoms with van der Waals surface area (Å²) in [5.41, 5.74) is 3.14. The molecule has 3 aromatic carbocycles. The SMILES string of the molecule is CC[C@H](C)c1ccc(Nc2nc3ccccc3nc2NS(=O)(=O)c2ccc(F)cc2)cc1. The average Bonchev–Trinajstić information content (AvgIpc) is 2.79. The number of hydrogen-bond acceptors (Lipinski definition) is 5. The quantitative estimate of drug-likeness (QED) is 0.370. The van der Waals surface area contributed by atoms with Crippen molar-refractivity contribution in [2.24, 2.45) is 0 Å². The first kappa shape index (κ1) is 21.7. The highest BCUT2D eigenvalue weighted by Crippen LogP contribution is 2.28. The minimum absolute atomic E-state index is 0.0547. The third-order valence-electron chi connectivity index (χ3n) is 5.28. The number of rotatable bonds is 7. The maximum Gasteiger partial charge on any atom is 0.263 e. The van der Waals surface area contributed by atoms with Crippen LogP contribution in [0.3, 0.4) is 0 Å². The lowest BCUT2D eigenvalue weighted by Gasteiger charge is -2.15. The number of aromatic nitrogens is 2. The Bertz CT molecular complexity index is 1340. The van der Waals surface area contributed by atoms with Crippen molar-refractivity contribution in [3.05, 3.63) is 84.2 Å². The van der Waals surface area contributed by atoms with Gasteiger partial charge in [0.25, 0.3) is 10.0 Å². The van der Waals surface area contributed by atoms with E-state index in [1.165, 1.54) is 17.7 Å². The molecule has 0 saturated carbocycles. The summed E-state index contributed by atoms with van der Waals surface area (Å²) in [5, 5.41) is 3.17. The minimum Gasteiger partial charge on any atom is -0.337 e. The molecule has 0 fully saturated rings. The van der Waals surface area contributed by atoms with E-state index in [9.17, 15) is 12.8 Å². The fourth-order valence-corrected chi connectivity index (χ4v) is 4.23. The number of nitrogens with one attached hydrogen (secondary N) is 2. The highest BCUT2D eigenvalue weighted by molar-refractivity contribution is 7.92. The van der Waals surface area contributed by atoms with Gasteiger partial charge in [0.05, 0.1) is 15.9 Å². The van der Waals surface area contributed by atoms with E-state index in [0.717, 1.165) is 24.2 Å². The molecule has 2 N–H and O–H groups in total. The summed E-state index contributed by atoms with van der Waals surface area (Å²) < 4.78 is 41.5. The number of halogens is 1. The first-order valence-electron chi connectivity index (χ1n) is 10.3. The molecule has 8 heteroatoms.